The van der Waals surface area contributed by atoms with Crippen LogP contribution in [0.5, 0.6) is 5.75 Å². The Kier molecular flexibility index (Phi) is 5.44. The summed E-state index contributed by atoms with van der Waals surface area (Å²) in [6, 6.07) is 18.6. The largest absolute Gasteiger partial charge is 0.489 e. The molecule has 1 N–H and O–H groups in total. The van der Waals surface area contributed by atoms with Crippen molar-refractivity contribution in [3.05, 3.63) is 75.8 Å². The zero-order valence-corrected chi connectivity index (χ0v) is 21.6. The van der Waals surface area contributed by atoms with Gasteiger partial charge in [-0.05, 0) is 89.8 Å². The number of fused-ring (bicyclic) bond motifs is 1. The number of rotatable bonds is 6. The molecule has 178 valence electrons. The Morgan fingerprint density at radius 1 is 0.882 bits per heavy atom. The topological polar surface area (TPSA) is 21.3 Å². The Morgan fingerprint density at radius 3 is 2.38 bits per heavy atom. The summed E-state index contributed by atoms with van der Waals surface area (Å²) in [4.78, 5) is 0. The Labute approximate surface area is 213 Å². The van der Waals surface area contributed by atoms with E-state index in [2.05, 4.69) is 55.6 Å². The highest BCUT2D eigenvalue weighted by molar-refractivity contribution is 6.42. The molecule has 0 aliphatic heterocycles. The molecule has 0 aromatic heterocycles. The van der Waals surface area contributed by atoms with Crippen molar-refractivity contribution in [2.24, 2.45) is 16.7 Å². The van der Waals surface area contributed by atoms with Crippen molar-refractivity contribution < 1.29 is 4.74 Å². The predicted molar refractivity (Wildman–Crippen MR) is 142 cm³/mol. The molecule has 4 bridgehead atoms. The lowest BCUT2D eigenvalue weighted by molar-refractivity contribution is -0.118. The van der Waals surface area contributed by atoms with E-state index in [1.54, 1.807) is 0 Å². The first-order chi connectivity index (χ1) is 16.2. The van der Waals surface area contributed by atoms with Gasteiger partial charge in [-0.1, -0.05) is 73.4 Å². The molecule has 7 rings (SSSR count). The molecule has 0 saturated heterocycles. The minimum Gasteiger partial charge on any atom is -0.489 e. The van der Waals surface area contributed by atoms with Crippen molar-refractivity contribution >= 4 is 34.0 Å². The minimum absolute atomic E-state index is 0.251. The Morgan fingerprint density at radius 2 is 1.65 bits per heavy atom. The van der Waals surface area contributed by atoms with Crippen molar-refractivity contribution in [1.29, 1.82) is 0 Å². The maximum atomic E-state index is 6.40. The van der Waals surface area contributed by atoms with Gasteiger partial charge >= 0.3 is 0 Å². The first kappa shape index (κ1) is 22.7. The van der Waals surface area contributed by atoms with Crippen LogP contribution in [0.25, 0.3) is 10.8 Å². The fraction of sp³-hybridized carbons (Fsp3) is 0.467. The molecule has 0 radical (unpaired) electrons. The van der Waals surface area contributed by atoms with Crippen molar-refractivity contribution in [3.63, 3.8) is 0 Å². The Bertz CT molecular complexity index is 1240. The summed E-state index contributed by atoms with van der Waals surface area (Å²) in [5, 5.41) is 7.78. The molecule has 2 nitrogen and oxygen atoms in total. The Balaban J connectivity index is 1.29. The van der Waals surface area contributed by atoms with Gasteiger partial charge in [-0.25, -0.2) is 0 Å². The predicted octanol–water partition coefficient (Wildman–Crippen LogP) is 8.56. The molecular weight excluding hydrogens is 461 g/mol. The second kappa shape index (κ2) is 8.15. The van der Waals surface area contributed by atoms with Crippen molar-refractivity contribution in [2.45, 2.75) is 71.1 Å². The first-order valence-electron chi connectivity index (χ1n) is 12.6. The SMILES string of the molecule is C[C@]12CC3CC(NCc4c(OCc5ccc(Cl)c(Cl)c5)ccc5ccccc45)(C1)C[C@@](C)(C3)C2. The molecule has 2 unspecified atom stereocenters. The molecule has 3 aromatic rings. The second-order valence-electron chi connectivity index (χ2n) is 12.1. The summed E-state index contributed by atoms with van der Waals surface area (Å²) in [6.07, 6.45) is 8.15. The van der Waals surface area contributed by atoms with Crippen LogP contribution in [0.15, 0.2) is 54.6 Å². The smallest absolute Gasteiger partial charge is 0.124 e. The van der Waals surface area contributed by atoms with E-state index in [0.717, 1.165) is 23.8 Å². The van der Waals surface area contributed by atoms with Crippen molar-refractivity contribution in [2.75, 3.05) is 0 Å². The molecule has 0 spiro atoms. The monoisotopic (exact) mass is 493 g/mol. The van der Waals surface area contributed by atoms with Gasteiger partial charge in [-0.15, -0.1) is 0 Å². The fourth-order valence-corrected chi connectivity index (χ4v) is 8.67. The van der Waals surface area contributed by atoms with E-state index >= 15 is 0 Å². The maximum Gasteiger partial charge on any atom is 0.124 e. The van der Waals surface area contributed by atoms with Gasteiger partial charge in [-0.2, -0.15) is 0 Å². The van der Waals surface area contributed by atoms with Gasteiger partial charge < -0.3 is 10.1 Å². The zero-order chi connectivity index (χ0) is 23.6. The summed E-state index contributed by atoms with van der Waals surface area (Å²) < 4.78 is 6.40. The molecule has 4 saturated carbocycles. The highest BCUT2D eigenvalue weighted by atomic mass is 35.5. The van der Waals surface area contributed by atoms with E-state index in [9.17, 15) is 0 Å². The molecule has 4 atom stereocenters. The molecule has 4 aliphatic carbocycles. The highest BCUT2D eigenvalue weighted by Gasteiger charge is 2.59. The quantitative estimate of drug-likeness (QED) is 0.371. The lowest BCUT2D eigenvalue weighted by Gasteiger charge is -2.65. The molecule has 3 aromatic carbocycles. The van der Waals surface area contributed by atoms with Gasteiger partial charge in [0.2, 0.25) is 0 Å². The molecular formula is C30H33Cl2NO. The summed E-state index contributed by atoms with van der Waals surface area (Å²) in [5.41, 5.74) is 3.51. The van der Waals surface area contributed by atoms with E-state index in [-0.39, 0.29) is 5.54 Å². The van der Waals surface area contributed by atoms with Crippen LogP contribution in [0.4, 0.5) is 0 Å². The van der Waals surface area contributed by atoms with Gasteiger partial charge in [0.15, 0.2) is 0 Å². The van der Waals surface area contributed by atoms with Crippen LogP contribution in [-0.2, 0) is 13.2 Å². The summed E-state index contributed by atoms with van der Waals surface area (Å²) in [5.74, 6) is 1.82. The van der Waals surface area contributed by atoms with Crippen LogP contribution >= 0.6 is 23.2 Å². The third-order valence-electron chi connectivity index (χ3n) is 8.64. The average molecular weight is 495 g/mol. The fourth-order valence-electron chi connectivity index (χ4n) is 8.34. The van der Waals surface area contributed by atoms with E-state index in [0.29, 0.717) is 27.5 Å². The van der Waals surface area contributed by atoms with Crippen molar-refractivity contribution in [3.8, 4) is 5.75 Å². The summed E-state index contributed by atoms with van der Waals surface area (Å²) in [6.45, 7) is 6.37. The average Bonchev–Trinajstić information content (AvgIpc) is 2.76. The van der Waals surface area contributed by atoms with Gasteiger partial charge in [0.25, 0.3) is 0 Å². The van der Waals surface area contributed by atoms with E-state index in [4.69, 9.17) is 27.9 Å². The van der Waals surface area contributed by atoms with Crippen LogP contribution in [0.2, 0.25) is 10.0 Å². The lowest BCUT2D eigenvalue weighted by atomic mass is 9.43. The number of ether oxygens (including phenoxy) is 1. The molecule has 34 heavy (non-hydrogen) atoms. The van der Waals surface area contributed by atoms with Crippen LogP contribution in [0, 0.1) is 16.7 Å². The van der Waals surface area contributed by atoms with Crippen LogP contribution < -0.4 is 10.1 Å². The number of hydrogen-bond acceptors (Lipinski definition) is 2. The van der Waals surface area contributed by atoms with Crippen molar-refractivity contribution in [1.82, 2.24) is 5.32 Å². The maximum absolute atomic E-state index is 6.40. The summed E-state index contributed by atoms with van der Waals surface area (Å²) >= 11 is 12.3. The number of benzene rings is 3. The van der Waals surface area contributed by atoms with Gasteiger partial charge in [0.05, 0.1) is 10.0 Å². The number of nitrogens with one attached hydrogen (secondary N) is 1. The molecule has 4 fully saturated rings. The molecule has 4 aliphatic rings. The highest BCUT2D eigenvalue weighted by Crippen LogP contribution is 2.66. The van der Waals surface area contributed by atoms with Crippen LogP contribution in [-0.4, -0.2) is 5.54 Å². The molecule has 0 heterocycles. The third-order valence-corrected chi connectivity index (χ3v) is 9.38. The number of halogens is 2. The molecule has 0 amide bonds. The first-order valence-corrected chi connectivity index (χ1v) is 13.3. The standard InChI is InChI=1S/C30H33Cl2NO/c1-28-12-21-13-29(2,17-28)19-30(14-21,18-28)33-15-24-23-6-4-3-5-22(23)8-10-27(24)34-16-20-7-9-25(31)26(32)11-20/h3-11,21,33H,12-19H2,1-2H3/t21?,28-,29+,30?. The molecule has 4 heteroatoms. The van der Waals surface area contributed by atoms with Crippen LogP contribution in [0.3, 0.4) is 0 Å². The van der Waals surface area contributed by atoms with E-state index < -0.39 is 0 Å². The third kappa shape index (κ3) is 4.12. The van der Waals surface area contributed by atoms with Crippen LogP contribution in [0.1, 0.15) is 63.5 Å². The normalized spacial score (nSPS) is 31.8. The Hall–Kier alpha value is -1.74. The summed E-state index contributed by atoms with van der Waals surface area (Å²) in [7, 11) is 0. The van der Waals surface area contributed by atoms with Gasteiger partial charge in [-0.3, -0.25) is 0 Å². The minimum atomic E-state index is 0.251. The van der Waals surface area contributed by atoms with Gasteiger partial charge in [0.1, 0.15) is 12.4 Å². The zero-order valence-electron chi connectivity index (χ0n) is 20.1. The van der Waals surface area contributed by atoms with Gasteiger partial charge in [0, 0.05) is 17.6 Å². The van der Waals surface area contributed by atoms with E-state index in [1.807, 2.05) is 18.2 Å². The lowest BCUT2D eigenvalue weighted by Crippen LogP contribution is -2.63. The second-order valence-corrected chi connectivity index (χ2v) is 12.9. The number of hydrogen-bond donors (Lipinski definition) is 1. The van der Waals surface area contributed by atoms with E-state index in [1.165, 1.54) is 54.9 Å².